The molecule has 0 radical (unpaired) electrons. The second kappa shape index (κ2) is 7.28. The Morgan fingerprint density at radius 2 is 2.26 bits per heavy atom. The van der Waals surface area contributed by atoms with E-state index in [1.165, 1.54) is 31.3 Å². The Morgan fingerprint density at radius 3 is 3.00 bits per heavy atom. The monoisotopic (exact) mass is 265 g/mol. The van der Waals surface area contributed by atoms with Crippen LogP contribution >= 0.6 is 0 Å². The van der Waals surface area contributed by atoms with Crippen molar-refractivity contribution >= 4 is 11.8 Å². The molecular formula is C14H23N3O2. The molecule has 19 heavy (non-hydrogen) atoms. The van der Waals surface area contributed by atoms with Crippen LogP contribution in [-0.4, -0.2) is 37.5 Å². The van der Waals surface area contributed by atoms with Gasteiger partial charge in [-0.1, -0.05) is 11.6 Å². The number of allylic oxidation sites excluding steroid dienone is 1. The van der Waals surface area contributed by atoms with Crippen molar-refractivity contribution in [2.24, 2.45) is 0 Å². The maximum absolute atomic E-state index is 11.7. The van der Waals surface area contributed by atoms with Crippen molar-refractivity contribution in [3.8, 4) is 0 Å². The summed E-state index contributed by atoms with van der Waals surface area (Å²) in [6, 6.07) is -0.373. The Hall–Kier alpha value is -1.36. The predicted molar refractivity (Wildman–Crippen MR) is 73.6 cm³/mol. The summed E-state index contributed by atoms with van der Waals surface area (Å²) in [4.78, 5) is 23.2. The second-order valence-corrected chi connectivity index (χ2v) is 5.21. The normalized spacial score (nSPS) is 23.5. The van der Waals surface area contributed by atoms with Crippen molar-refractivity contribution < 1.29 is 9.59 Å². The minimum absolute atomic E-state index is 0.0500. The van der Waals surface area contributed by atoms with Crippen molar-refractivity contribution in [3.05, 3.63) is 11.6 Å². The molecule has 1 atom stereocenters. The summed E-state index contributed by atoms with van der Waals surface area (Å²) in [6.07, 6.45) is 8.37. The summed E-state index contributed by atoms with van der Waals surface area (Å²) < 4.78 is 0. The van der Waals surface area contributed by atoms with E-state index in [2.05, 4.69) is 22.0 Å². The average Bonchev–Trinajstić information content (AvgIpc) is 2.43. The van der Waals surface area contributed by atoms with E-state index in [0.29, 0.717) is 13.1 Å². The van der Waals surface area contributed by atoms with Gasteiger partial charge in [0.1, 0.15) is 0 Å². The third kappa shape index (κ3) is 4.67. The van der Waals surface area contributed by atoms with Crippen molar-refractivity contribution in [3.63, 3.8) is 0 Å². The zero-order valence-electron chi connectivity index (χ0n) is 11.3. The number of amides is 2. The first-order valence-corrected chi connectivity index (χ1v) is 7.21. The Bertz CT molecular complexity index is 366. The van der Waals surface area contributed by atoms with Gasteiger partial charge in [0.15, 0.2) is 0 Å². The third-order valence-corrected chi connectivity index (χ3v) is 3.67. The highest BCUT2D eigenvalue weighted by atomic mass is 16.2. The van der Waals surface area contributed by atoms with Gasteiger partial charge in [-0.05, 0) is 32.1 Å². The van der Waals surface area contributed by atoms with Gasteiger partial charge in [-0.3, -0.25) is 9.59 Å². The number of hydrogen-bond acceptors (Lipinski definition) is 3. The molecule has 1 unspecified atom stereocenters. The highest BCUT2D eigenvalue weighted by molar-refractivity contribution is 5.88. The standard InChI is InChI=1S/C14H23N3O2/c18-13(10-12-14(19)17-9-8-15-12)16-7-6-11-4-2-1-3-5-11/h4,12,15H,1-3,5-10H2,(H,16,18)(H,17,19). The van der Waals surface area contributed by atoms with Gasteiger partial charge >= 0.3 is 0 Å². The molecule has 0 aromatic carbocycles. The van der Waals surface area contributed by atoms with Crippen molar-refractivity contribution in [2.75, 3.05) is 19.6 Å². The van der Waals surface area contributed by atoms with Crippen LogP contribution in [0.15, 0.2) is 11.6 Å². The molecule has 2 rings (SSSR count). The first-order chi connectivity index (χ1) is 9.25. The lowest BCUT2D eigenvalue weighted by Gasteiger charge is -2.23. The quantitative estimate of drug-likeness (QED) is 0.633. The van der Waals surface area contributed by atoms with Crippen LogP contribution in [0.4, 0.5) is 0 Å². The van der Waals surface area contributed by atoms with Gasteiger partial charge in [0.25, 0.3) is 0 Å². The lowest BCUT2D eigenvalue weighted by molar-refractivity contribution is -0.129. The molecule has 1 heterocycles. The molecule has 0 aromatic rings. The van der Waals surface area contributed by atoms with Crippen molar-refractivity contribution in [2.45, 2.75) is 44.6 Å². The second-order valence-electron chi connectivity index (χ2n) is 5.21. The van der Waals surface area contributed by atoms with Crippen LogP contribution in [0.2, 0.25) is 0 Å². The minimum Gasteiger partial charge on any atom is -0.356 e. The van der Waals surface area contributed by atoms with E-state index in [-0.39, 0.29) is 24.3 Å². The Balaban J connectivity index is 1.64. The molecule has 0 saturated carbocycles. The summed E-state index contributed by atoms with van der Waals surface area (Å²) >= 11 is 0. The summed E-state index contributed by atoms with van der Waals surface area (Å²) in [5.74, 6) is -0.123. The number of rotatable bonds is 5. The smallest absolute Gasteiger partial charge is 0.237 e. The predicted octanol–water partition coefficient (Wildman–Crippen LogP) is 0.471. The first-order valence-electron chi connectivity index (χ1n) is 7.21. The first kappa shape index (κ1) is 14.1. The van der Waals surface area contributed by atoms with Crippen LogP contribution in [-0.2, 0) is 9.59 Å². The SMILES string of the molecule is O=C(CC1NCCNC1=O)NCCC1=CCCCC1. The fourth-order valence-corrected chi connectivity index (χ4v) is 2.56. The van der Waals surface area contributed by atoms with E-state index >= 15 is 0 Å². The van der Waals surface area contributed by atoms with Crippen molar-refractivity contribution in [1.82, 2.24) is 16.0 Å². The molecule has 2 amide bonds. The van der Waals surface area contributed by atoms with Gasteiger partial charge in [-0.15, -0.1) is 0 Å². The maximum Gasteiger partial charge on any atom is 0.237 e. The zero-order valence-corrected chi connectivity index (χ0v) is 11.3. The van der Waals surface area contributed by atoms with Crippen LogP contribution < -0.4 is 16.0 Å². The summed E-state index contributed by atoms with van der Waals surface area (Å²) in [5, 5.41) is 8.71. The van der Waals surface area contributed by atoms with Crippen LogP contribution in [0, 0.1) is 0 Å². The van der Waals surface area contributed by atoms with Gasteiger partial charge in [0.2, 0.25) is 11.8 Å². The van der Waals surface area contributed by atoms with E-state index in [1.807, 2.05) is 0 Å². The van der Waals surface area contributed by atoms with Gasteiger partial charge in [0, 0.05) is 19.6 Å². The van der Waals surface area contributed by atoms with E-state index in [1.54, 1.807) is 0 Å². The maximum atomic E-state index is 11.7. The molecule has 0 spiro atoms. The molecule has 2 aliphatic rings. The number of piperazine rings is 1. The molecule has 0 aromatic heterocycles. The number of nitrogens with one attached hydrogen (secondary N) is 3. The highest BCUT2D eigenvalue weighted by Gasteiger charge is 2.23. The van der Waals surface area contributed by atoms with Crippen molar-refractivity contribution in [1.29, 1.82) is 0 Å². The van der Waals surface area contributed by atoms with Gasteiger partial charge in [-0.25, -0.2) is 0 Å². The molecule has 5 nitrogen and oxygen atoms in total. The van der Waals surface area contributed by atoms with Crippen LogP contribution in [0.25, 0.3) is 0 Å². The molecule has 5 heteroatoms. The summed E-state index contributed by atoms with van der Waals surface area (Å²) in [5.41, 5.74) is 1.46. The fraction of sp³-hybridized carbons (Fsp3) is 0.714. The average molecular weight is 265 g/mol. The van der Waals surface area contributed by atoms with Gasteiger partial charge in [-0.2, -0.15) is 0 Å². The lowest BCUT2D eigenvalue weighted by Crippen LogP contribution is -2.54. The highest BCUT2D eigenvalue weighted by Crippen LogP contribution is 2.19. The number of carbonyl (C=O) groups excluding carboxylic acids is 2. The molecular weight excluding hydrogens is 242 g/mol. The molecule has 1 saturated heterocycles. The molecule has 1 aliphatic carbocycles. The molecule has 106 valence electrons. The molecule has 1 fully saturated rings. The van der Waals surface area contributed by atoms with E-state index in [9.17, 15) is 9.59 Å². The summed E-state index contributed by atoms with van der Waals surface area (Å²) in [6.45, 7) is 2.06. The van der Waals surface area contributed by atoms with E-state index in [0.717, 1.165) is 13.0 Å². The molecule has 3 N–H and O–H groups in total. The topological polar surface area (TPSA) is 70.2 Å². The zero-order chi connectivity index (χ0) is 13.5. The number of hydrogen-bond donors (Lipinski definition) is 3. The molecule has 0 bridgehead atoms. The molecule has 1 aliphatic heterocycles. The van der Waals surface area contributed by atoms with Crippen LogP contribution in [0.5, 0.6) is 0 Å². The van der Waals surface area contributed by atoms with Crippen LogP contribution in [0.3, 0.4) is 0 Å². The summed E-state index contributed by atoms with van der Waals surface area (Å²) in [7, 11) is 0. The van der Waals surface area contributed by atoms with Gasteiger partial charge in [0.05, 0.1) is 12.5 Å². The number of carbonyl (C=O) groups is 2. The fourth-order valence-electron chi connectivity index (χ4n) is 2.56. The Labute approximate surface area is 114 Å². The van der Waals surface area contributed by atoms with Gasteiger partial charge < -0.3 is 16.0 Å². The Morgan fingerprint density at radius 1 is 1.37 bits per heavy atom. The lowest BCUT2D eigenvalue weighted by atomic mass is 9.97. The minimum atomic E-state index is -0.373. The van der Waals surface area contributed by atoms with E-state index < -0.39 is 0 Å². The Kier molecular flexibility index (Phi) is 5.39. The largest absolute Gasteiger partial charge is 0.356 e. The van der Waals surface area contributed by atoms with Crippen LogP contribution in [0.1, 0.15) is 38.5 Å². The van der Waals surface area contributed by atoms with E-state index in [4.69, 9.17) is 0 Å². The third-order valence-electron chi connectivity index (χ3n) is 3.67.